The van der Waals surface area contributed by atoms with Crippen LogP contribution in [0.1, 0.15) is 37.8 Å². The Morgan fingerprint density at radius 3 is 2.50 bits per heavy atom. The normalized spacial score (nSPS) is 14.9. The minimum absolute atomic E-state index is 0.221. The highest BCUT2D eigenvalue weighted by Crippen LogP contribution is 2.37. The summed E-state index contributed by atoms with van der Waals surface area (Å²) in [5.41, 5.74) is 2.38. The van der Waals surface area contributed by atoms with Gasteiger partial charge in [-0.05, 0) is 54.4 Å². The molecule has 7 nitrogen and oxygen atoms in total. The summed E-state index contributed by atoms with van der Waals surface area (Å²) in [6.07, 6.45) is 1.58. The molecule has 0 aromatic heterocycles. The largest absolute Gasteiger partial charge is 0.493 e. The Bertz CT molecular complexity index is 1050. The number of anilines is 1. The number of carbonyl (C=O) groups excluding carboxylic acids is 3. The molecule has 1 saturated heterocycles. The van der Waals surface area contributed by atoms with Crippen LogP contribution >= 0.6 is 11.8 Å². The molecule has 1 heterocycles. The van der Waals surface area contributed by atoms with Gasteiger partial charge in [-0.15, -0.1) is 0 Å². The number of hydrogen-bond donors (Lipinski definition) is 1. The van der Waals surface area contributed by atoms with Gasteiger partial charge in [0.25, 0.3) is 11.1 Å². The van der Waals surface area contributed by atoms with E-state index in [0.717, 1.165) is 22.2 Å². The fraction of sp³-hybridized carbons (Fsp3) is 0.292. The molecule has 2 aromatic carbocycles. The first-order valence-corrected chi connectivity index (χ1v) is 11.1. The number of thioether (sulfide) groups is 1. The van der Waals surface area contributed by atoms with Crippen molar-refractivity contribution in [3.63, 3.8) is 0 Å². The molecule has 0 aliphatic carbocycles. The van der Waals surface area contributed by atoms with Gasteiger partial charge >= 0.3 is 0 Å². The third-order valence-electron chi connectivity index (χ3n) is 4.84. The maximum absolute atomic E-state index is 12.8. The lowest BCUT2D eigenvalue weighted by Gasteiger charge is -2.13. The summed E-state index contributed by atoms with van der Waals surface area (Å²) in [5.74, 6) is 0.446. The zero-order valence-corrected chi connectivity index (χ0v) is 19.3. The molecule has 3 amide bonds. The Balaban J connectivity index is 1.73. The van der Waals surface area contributed by atoms with E-state index in [1.807, 2.05) is 19.1 Å². The Morgan fingerprint density at radius 1 is 1.16 bits per heavy atom. The van der Waals surface area contributed by atoms with Crippen molar-refractivity contribution < 1.29 is 23.9 Å². The number of amides is 3. The molecule has 1 N–H and O–H groups in total. The maximum Gasteiger partial charge on any atom is 0.294 e. The van der Waals surface area contributed by atoms with Crippen LogP contribution < -0.4 is 14.8 Å². The number of rotatable bonds is 8. The van der Waals surface area contributed by atoms with Gasteiger partial charge in [0, 0.05) is 11.3 Å². The average Bonchev–Trinajstić information content (AvgIpc) is 3.02. The van der Waals surface area contributed by atoms with E-state index in [4.69, 9.17) is 9.47 Å². The van der Waals surface area contributed by atoms with Gasteiger partial charge in [0.15, 0.2) is 11.5 Å². The van der Waals surface area contributed by atoms with Crippen molar-refractivity contribution in [1.82, 2.24) is 4.90 Å². The van der Waals surface area contributed by atoms with Gasteiger partial charge in [-0.2, -0.15) is 0 Å². The van der Waals surface area contributed by atoms with E-state index in [9.17, 15) is 14.4 Å². The van der Waals surface area contributed by atoms with Crippen LogP contribution in [0.2, 0.25) is 0 Å². The summed E-state index contributed by atoms with van der Waals surface area (Å²) in [6, 6.07) is 12.8. The molecule has 3 rings (SSSR count). The molecule has 32 heavy (non-hydrogen) atoms. The lowest BCUT2D eigenvalue weighted by Crippen LogP contribution is -2.36. The third-order valence-corrected chi connectivity index (χ3v) is 5.75. The summed E-state index contributed by atoms with van der Waals surface area (Å²) >= 11 is 0.792. The highest BCUT2D eigenvalue weighted by Gasteiger charge is 2.36. The number of carbonyl (C=O) groups is 3. The monoisotopic (exact) mass is 454 g/mol. The smallest absolute Gasteiger partial charge is 0.294 e. The second kappa shape index (κ2) is 10.4. The molecule has 1 fully saturated rings. The first-order valence-electron chi connectivity index (χ1n) is 10.3. The van der Waals surface area contributed by atoms with E-state index in [-0.39, 0.29) is 11.4 Å². The first kappa shape index (κ1) is 23.4. The first-order chi connectivity index (χ1) is 15.3. The van der Waals surface area contributed by atoms with Gasteiger partial charge in [0.05, 0.1) is 18.6 Å². The van der Waals surface area contributed by atoms with E-state index < -0.39 is 17.1 Å². The van der Waals surface area contributed by atoms with Gasteiger partial charge in [0.2, 0.25) is 5.91 Å². The summed E-state index contributed by atoms with van der Waals surface area (Å²) < 4.78 is 11.0. The molecule has 1 aliphatic heterocycles. The molecule has 0 radical (unpaired) electrons. The van der Waals surface area contributed by atoms with Crippen LogP contribution in [0.4, 0.5) is 10.5 Å². The zero-order valence-electron chi connectivity index (χ0n) is 18.5. The number of ether oxygens (including phenoxy) is 2. The predicted molar refractivity (Wildman–Crippen MR) is 126 cm³/mol. The van der Waals surface area contributed by atoms with Crippen LogP contribution in [-0.2, 0) is 9.59 Å². The molecule has 168 valence electrons. The fourth-order valence-electron chi connectivity index (χ4n) is 3.18. The van der Waals surface area contributed by atoms with Gasteiger partial charge in [0.1, 0.15) is 6.54 Å². The molecule has 0 saturated carbocycles. The van der Waals surface area contributed by atoms with E-state index >= 15 is 0 Å². The van der Waals surface area contributed by atoms with Gasteiger partial charge in [-0.1, -0.05) is 38.1 Å². The Hall–Kier alpha value is -3.26. The van der Waals surface area contributed by atoms with Crippen molar-refractivity contribution in [2.75, 3.05) is 25.6 Å². The summed E-state index contributed by atoms with van der Waals surface area (Å²) in [7, 11) is 1.53. The molecule has 0 bridgehead atoms. The topological polar surface area (TPSA) is 84.9 Å². The second-order valence-electron chi connectivity index (χ2n) is 7.40. The van der Waals surface area contributed by atoms with E-state index in [1.54, 1.807) is 36.4 Å². The Morgan fingerprint density at radius 2 is 1.88 bits per heavy atom. The van der Waals surface area contributed by atoms with Crippen molar-refractivity contribution in [3.05, 3.63) is 58.5 Å². The fourth-order valence-corrected chi connectivity index (χ4v) is 4.01. The molecular formula is C24H26N2O5S. The van der Waals surface area contributed by atoms with Gasteiger partial charge in [-0.25, -0.2) is 0 Å². The average molecular weight is 455 g/mol. The van der Waals surface area contributed by atoms with Crippen molar-refractivity contribution in [2.24, 2.45) is 0 Å². The van der Waals surface area contributed by atoms with Crippen LogP contribution in [0.5, 0.6) is 11.5 Å². The molecule has 0 atom stereocenters. The van der Waals surface area contributed by atoms with Crippen LogP contribution in [0.3, 0.4) is 0 Å². The third kappa shape index (κ3) is 5.31. The van der Waals surface area contributed by atoms with Crippen molar-refractivity contribution in [1.29, 1.82) is 0 Å². The lowest BCUT2D eigenvalue weighted by molar-refractivity contribution is -0.127. The van der Waals surface area contributed by atoms with Crippen LogP contribution in [0.25, 0.3) is 6.08 Å². The number of benzene rings is 2. The van der Waals surface area contributed by atoms with Crippen LogP contribution in [0.15, 0.2) is 47.4 Å². The lowest BCUT2D eigenvalue weighted by atomic mass is 10.0. The molecule has 0 unspecified atom stereocenters. The Kier molecular flexibility index (Phi) is 7.58. The predicted octanol–water partition coefficient (Wildman–Crippen LogP) is 4.89. The SMILES string of the molecule is CCOc1c(/C=C2/SC(=O)N(CC(=O)Nc3ccc(C(C)C)cc3)C2=O)cccc1OC. The molecular weight excluding hydrogens is 428 g/mol. The van der Waals surface area contributed by atoms with Gasteiger partial charge in [-0.3, -0.25) is 19.3 Å². The zero-order chi connectivity index (χ0) is 23.3. The van der Waals surface area contributed by atoms with Crippen molar-refractivity contribution >= 4 is 40.6 Å². The minimum Gasteiger partial charge on any atom is -0.493 e. The van der Waals surface area contributed by atoms with Crippen LogP contribution in [0, 0.1) is 0 Å². The van der Waals surface area contributed by atoms with Crippen molar-refractivity contribution in [2.45, 2.75) is 26.7 Å². The quantitative estimate of drug-likeness (QED) is 0.572. The standard InChI is InChI=1S/C24H26N2O5S/c1-5-31-22-17(7-6-8-19(22)30-4)13-20-23(28)26(24(29)32-20)14-21(27)25-18-11-9-16(10-12-18)15(2)3/h6-13,15H,5,14H2,1-4H3,(H,25,27)/b20-13+. The molecule has 0 spiro atoms. The number of nitrogens with one attached hydrogen (secondary N) is 1. The summed E-state index contributed by atoms with van der Waals surface area (Å²) in [6.45, 7) is 6.08. The van der Waals surface area contributed by atoms with Gasteiger partial charge < -0.3 is 14.8 Å². The number of hydrogen-bond acceptors (Lipinski definition) is 6. The summed E-state index contributed by atoms with van der Waals surface area (Å²) in [5, 5.41) is 2.24. The van der Waals surface area contributed by atoms with E-state index in [0.29, 0.717) is 35.3 Å². The molecule has 1 aliphatic rings. The molecule has 2 aromatic rings. The highest BCUT2D eigenvalue weighted by molar-refractivity contribution is 8.18. The number of nitrogens with zero attached hydrogens (tertiary/aromatic N) is 1. The number of para-hydroxylation sites is 1. The second-order valence-corrected chi connectivity index (χ2v) is 8.40. The Labute approximate surface area is 191 Å². The summed E-state index contributed by atoms with van der Waals surface area (Å²) in [4.78, 5) is 38.8. The molecule has 8 heteroatoms. The van der Waals surface area contributed by atoms with E-state index in [1.165, 1.54) is 7.11 Å². The maximum atomic E-state index is 12.8. The van der Waals surface area contributed by atoms with Crippen molar-refractivity contribution in [3.8, 4) is 11.5 Å². The number of imide groups is 1. The minimum atomic E-state index is -0.518. The van der Waals surface area contributed by atoms with E-state index in [2.05, 4.69) is 19.2 Å². The van der Waals surface area contributed by atoms with Crippen LogP contribution in [-0.4, -0.2) is 42.2 Å². The number of methoxy groups -OCH3 is 1. The highest BCUT2D eigenvalue weighted by atomic mass is 32.2.